The predicted molar refractivity (Wildman–Crippen MR) is 81.4 cm³/mol. The van der Waals surface area contributed by atoms with Gasteiger partial charge >= 0.3 is 0 Å². The molecule has 0 aliphatic carbocycles. The molecule has 0 spiro atoms. The van der Waals surface area contributed by atoms with Crippen LogP contribution in [0.15, 0.2) is 53.4 Å². The summed E-state index contributed by atoms with van der Waals surface area (Å²) in [6.45, 7) is 2.11. The third-order valence-electron chi connectivity index (χ3n) is 3.41. The summed E-state index contributed by atoms with van der Waals surface area (Å²) in [7, 11) is -3.16. The van der Waals surface area contributed by atoms with Crippen molar-refractivity contribution in [3.63, 3.8) is 0 Å². The largest absolute Gasteiger partial charge is 0.320 e. The normalized spacial score (nSPS) is 13.2. The van der Waals surface area contributed by atoms with Crippen LogP contribution >= 0.6 is 0 Å². The van der Waals surface area contributed by atoms with Gasteiger partial charge in [-0.3, -0.25) is 0 Å². The smallest absolute Gasteiger partial charge is 0.175 e. The van der Waals surface area contributed by atoms with Crippen molar-refractivity contribution in [2.75, 3.05) is 6.26 Å². The maximum absolute atomic E-state index is 11.4. The third kappa shape index (κ3) is 3.26. The molecule has 0 amide bonds. The second kappa shape index (κ2) is 5.77. The molecule has 1 unspecified atom stereocenters. The van der Waals surface area contributed by atoms with Crippen molar-refractivity contribution >= 4 is 9.84 Å². The molecule has 3 nitrogen and oxygen atoms in total. The first-order valence-electron chi connectivity index (χ1n) is 6.56. The Balaban J connectivity index is 2.26. The molecule has 0 heterocycles. The van der Waals surface area contributed by atoms with Crippen molar-refractivity contribution in [1.82, 2.24) is 0 Å². The van der Waals surface area contributed by atoms with Crippen LogP contribution in [0.3, 0.4) is 0 Å². The Bertz CT molecular complexity index is 673. The fourth-order valence-corrected chi connectivity index (χ4v) is 2.71. The molecule has 1 atom stereocenters. The Morgan fingerprint density at radius 1 is 0.950 bits per heavy atom. The molecule has 106 valence electrons. The minimum absolute atomic E-state index is 0.241. The molecule has 0 saturated carbocycles. The monoisotopic (exact) mass is 289 g/mol. The lowest BCUT2D eigenvalue weighted by molar-refractivity contribution is 0.602. The van der Waals surface area contributed by atoms with E-state index in [-0.39, 0.29) is 6.04 Å². The quantitative estimate of drug-likeness (QED) is 0.941. The molecule has 0 saturated heterocycles. The lowest BCUT2D eigenvalue weighted by atomic mass is 9.98. The molecular formula is C16H19NO2S. The number of hydrogen-bond donors (Lipinski definition) is 1. The molecule has 4 heteroatoms. The van der Waals surface area contributed by atoms with E-state index in [0.29, 0.717) is 4.90 Å². The summed E-state index contributed by atoms with van der Waals surface area (Å²) in [5.74, 6) is 0. The predicted octanol–water partition coefficient (Wildman–Crippen LogP) is 2.70. The molecule has 2 aromatic rings. The van der Waals surface area contributed by atoms with Crippen molar-refractivity contribution in [3.8, 4) is 0 Å². The summed E-state index contributed by atoms with van der Waals surface area (Å²) < 4.78 is 22.8. The van der Waals surface area contributed by atoms with E-state index >= 15 is 0 Å². The molecule has 0 radical (unpaired) electrons. The molecule has 2 aromatic carbocycles. The van der Waals surface area contributed by atoms with Crippen LogP contribution in [0.5, 0.6) is 0 Å². The van der Waals surface area contributed by atoms with Gasteiger partial charge in [-0.05, 0) is 35.2 Å². The molecule has 0 bridgehead atoms. The number of benzene rings is 2. The summed E-state index contributed by atoms with van der Waals surface area (Å²) >= 11 is 0. The summed E-state index contributed by atoms with van der Waals surface area (Å²) in [5.41, 5.74) is 9.42. The zero-order valence-corrected chi connectivity index (χ0v) is 12.5. The maximum atomic E-state index is 11.4. The number of aryl methyl sites for hydroxylation is 1. The van der Waals surface area contributed by atoms with E-state index in [1.165, 1.54) is 11.8 Å². The van der Waals surface area contributed by atoms with Gasteiger partial charge in [-0.25, -0.2) is 8.42 Å². The van der Waals surface area contributed by atoms with Crippen LogP contribution in [-0.4, -0.2) is 14.7 Å². The maximum Gasteiger partial charge on any atom is 0.175 e. The van der Waals surface area contributed by atoms with Gasteiger partial charge in [-0.2, -0.15) is 0 Å². The Morgan fingerprint density at radius 3 is 1.80 bits per heavy atom. The summed E-state index contributed by atoms with van der Waals surface area (Å²) in [6, 6.07) is 14.7. The highest BCUT2D eigenvalue weighted by Crippen LogP contribution is 2.21. The van der Waals surface area contributed by atoms with Gasteiger partial charge in [-0.1, -0.05) is 43.3 Å². The minimum atomic E-state index is -3.16. The highest BCUT2D eigenvalue weighted by atomic mass is 32.2. The minimum Gasteiger partial charge on any atom is -0.320 e. The lowest BCUT2D eigenvalue weighted by Gasteiger charge is -2.13. The molecule has 0 aliphatic rings. The zero-order valence-electron chi connectivity index (χ0n) is 11.7. The van der Waals surface area contributed by atoms with E-state index in [1.807, 2.05) is 12.1 Å². The number of hydrogen-bond acceptors (Lipinski definition) is 3. The number of rotatable bonds is 4. The van der Waals surface area contributed by atoms with Crippen molar-refractivity contribution < 1.29 is 8.42 Å². The fraction of sp³-hybridized carbons (Fsp3) is 0.250. The number of sulfone groups is 1. The van der Waals surface area contributed by atoms with Crippen LogP contribution in [0.4, 0.5) is 0 Å². The first-order chi connectivity index (χ1) is 9.41. The first kappa shape index (κ1) is 14.8. The SMILES string of the molecule is CCc1ccc(C(N)c2ccc(S(C)(=O)=O)cc2)cc1. The summed E-state index contributed by atoms with van der Waals surface area (Å²) in [5, 5.41) is 0. The molecular weight excluding hydrogens is 270 g/mol. The van der Waals surface area contributed by atoms with E-state index in [9.17, 15) is 8.42 Å². The van der Waals surface area contributed by atoms with Crippen LogP contribution in [0.2, 0.25) is 0 Å². The Labute approximate surface area is 120 Å². The summed E-state index contributed by atoms with van der Waals surface area (Å²) in [6.07, 6.45) is 2.20. The average Bonchev–Trinajstić information content (AvgIpc) is 2.46. The lowest BCUT2D eigenvalue weighted by Crippen LogP contribution is -2.12. The van der Waals surface area contributed by atoms with Gasteiger partial charge in [0.15, 0.2) is 9.84 Å². The fourth-order valence-electron chi connectivity index (χ4n) is 2.08. The van der Waals surface area contributed by atoms with Gasteiger partial charge in [0.25, 0.3) is 0 Å². The van der Waals surface area contributed by atoms with Gasteiger partial charge in [0, 0.05) is 6.26 Å². The van der Waals surface area contributed by atoms with Gasteiger partial charge < -0.3 is 5.73 Å². The van der Waals surface area contributed by atoms with Crippen LogP contribution in [0.25, 0.3) is 0 Å². The standard InChI is InChI=1S/C16H19NO2S/c1-3-12-4-6-13(7-5-12)16(17)14-8-10-15(11-9-14)20(2,18)19/h4-11,16H,3,17H2,1-2H3. The molecule has 0 fully saturated rings. The van der Waals surface area contributed by atoms with E-state index < -0.39 is 9.84 Å². The van der Waals surface area contributed by atoms with Crippen LogP contribution in [-0.2, 0) is 16.3 Å². The third-order valence-corrected chi connectivity index (χ3v) is 4.54. The van der Waals surface area contributed by atoms with Crippen LogP contribution in [0, 0.1) is 0 Å². The van der Waals surface area contributed by atoms with E-state index in [1.54, 1.807) is 24.3 Å². The first-order valence-corrected chi connectivity index (χ1v) is 8.45. The molecule has 2 rings (SSSR count). The van der Waals surface area contributed by atoms with Crippen LogP contribution in [0.1, 0.15) is 29.7 Å². The Morgan fingerprint density at radius 2 is 1.40 bits per heavy atom. The molecule has 2 N–H and O–H groups in total. The highest BCUT2D eigenvalue weighted by Gasteiger charge is 2.11. The number of nitrogens with two attached hydrogens (primary N) is 1. The van der Waals surface area contributed by atoms with E-state index in [4.69, 9.17) is 5.73 Å². The average molecular weight is 289 g/mol. The van der Waals surface area contributed by atoms with Crippen molar-refractivity contribution in [3.05, 3.63) is 65.2 Å². The van der Waals surface area contributed by atoms with Gasteiger partial charge in [0.1, 0.15) is 0 Å². The molecule has 0 aliphatic heterocycles. The Hall–Kier alpha value is -1.65. The second-order valence-electron chi connectivity index (χ2n) is 4.91. The second-order valence-corrected chi connectivity index (χ2v) is 6.93. The van der Waals surface area contributed by atoms with Crippen molar-refractivity contribution in [2.24, 2.45) is 5.73 Å². The van der Waals surface area contributed by atoms with Gasteiger partial charge in [0.2, 0.25) is 0 Å². The van der Waals surface area contributed by atoms with E-state index in [2.05, 4.69) is 19.1 Å². The molecule has 0 aromatic heterocycles. The van der Waals surface area contributed by atoms with Crippen LogP contribution < -0.4 is 5.73 Å². The van der Waals surface area contributed by atoms with Gasteiger partial charge in [-0.15, -0.1) is 0 Å². The van der Waals surface area contributed by atoms with Gasteiger partial charge in [0.05, 0.1) is 10.9 Å². The summed E-state index contributed by atoms with van der Waals surface area (Å²) in [4.78, 5) is 0.315. The Kier molecular flexibility index (Phi) is 4.26. The zero-order chi connectivity index (χ0) is 14.8. The van der Waals surface area contributed by atoms with Crippen molar-refractivity contribution in [1.29, 1.82) is 0 Å². The van der Waals surface area contributed by atoms with Crippen molar-refractivity contribution in [2.45, 2.75) is 24.3 Å². The molecule has 20 heavy (non-hydrogen) atoms. The highest BCUT2D eigenvalue weighted by molar-refractivity contribution is 7.90. The van der Waals surface area contributed by atoms with E-state index in [0.717, 1.165) is 17.5 Å². The topological polar surface area (TPSA) is 60.2 Å².